The molecule has 0 aliphatic rings. The third-order valence-electron chi connectivity index (χ3n) is 2.29. The second-order valence-corrected chi connectivity index (χ2v) is 4.34. The van der Waals surface area contributed by atoms with E-state index in [-0.39, 0.29) is 12.5 Å². The van der Waals surface area contributed by atoms with Gasteiger partial charge < -0.3 is 10.1 Å². The number of nitrogens with one attached hydrogen (secondary N) is 1. The summed E-state index contributed by atoms with van der Waals surface area (Å²) < 4.78 is 8.94. The Kier molecular flexibility index (Phi) is 4.05. The minimum atomic E-state index is -0.291. The molecule has 0 aliphatic carbocycles. The number of carbonyl (C=O) groups excluding carboxylic acids is 1. The number of aromatic nitrogens is 2. The van der Waals surface area contributed by atoms with Gasteiger partial charge in [0.15, 0.2) is 6.61 Å². The lowest BCUT2D eigenvalue weighted by molar-refractivity contribution is 0.102. The highest BCUT2D eigenvalue weighted by Crippen LogP contribution is 2.24. The average molecular weight is 274 g/mol. The lowest BCUT2D eigenvalue weighted by Crippen LogP contribution is -2.12. The van der Waals surface area contributed by atoms with E-state index < -0.39 is 0 Å². The Morgan fingerprint density at radius 2 is 2.32 bits per heavy atom. The van der Waals surface area contributed by atoms with Gasteiger partial charge in [0.1, 0.15) is 16.7 Å². The van der Waals surface area contributed by atoms with E-state index in [1.54, 1.807) is 31.2 Å². The molecule has 19 heavy (non-hydrogen) atoms. The monoisotopic (exact) mass is 274 g/mol. The van der Waals surface area contributed by atoms with Crippen LogP contribution in [0, 0.1) is 18.3 Å². The van der Waals surface area contributed by atoms with Crippen molar-refractivity contribution in [3.05, 3.63) is 34.8 Å². The zero-order chi connectivity index (χ0) is 13.7. The second-order valence-electron chi connectivity index (χ2n) is 3.58. The lowest BCUT2D eigenvalue weighted by Gasteiger charge is -2.09. The summed E-state index contributed by atoms with van der Waals surface area (Å²) in [6.45, 7) is 1.64. The molecule has 6 nitrogen and oxygen atoms in total. The van der Waals surface area contributed by atoms with Gasteiger partial charge in [-0.25, -0.2) is 0 Å². The van der Waals surface area contributed by atoms with E-state index in [0.717, 1.165) is 11.5 Å². The predicted molar refractivity (Wildman–Crippen MR) is 70.1 cm³/mol. The molecule has 0 spiro atoms. The number of nitrogens with zero attached hydrogens (tertiary/aromatic N) is 3. The summed E-state index contributed by atoms with van der Waals surface area (Å²) in [6, 6.07) is 8.80. The normalized spacial score (nSPS) is 9.68. The van der Waals surface area contributed by atoms with Crippen LogP contribution in [0.3, 0.4) is 0 Å². The first-order valence-electron chi connectivity index (χ1n) is 5.41. The SMILES string of the molecule is Cc1nnsc1C(=O)Nc1ccccc1OCC#N. The number of rotatable bonds is 4. The summed E-state index contributed by atoms with van der Waals surface area (Å²) in [6.07, 6.45) is 0. The van der Waals surface area contributed by atoms with Crippen LogP contribution < -0.4 is 10.1 Å². The van der Waals surface area contributed by atoms with Crippen molar-refractivity contribution in [1.29, 1.82) is 5.26 Å². The molecule has 1 amide bonds. The Balaban J connectivity index is 2.17. The van der Waals surface area contributed by atoms with Crippen molar-refractivity contribution in [2.24, 2.45) is 0 Å². The van der Waals surface area contributed by atoms with Crippen LogP contribution in [0.1, 0.15) is 15.4 Å². The average Bonchev–Trinajstić information content (AvgIpc) is 2.84. The fourth-order valence-corrected chi connectivity index (χ4v) is 1.98. The predicted octanol–water partition coefficient (Wildman–Crippen LogP) is 2.00. The molecule has 0 saturated heterocycles. The third kappa shape index (κ3) is 3.05. The molecule has 0 atom stereocenters. The lowest BCUT2D eigenvalue weighted by atomic mass is 10.2. The van der Waals surface area contributed by atoms with Crippen LogP contribution in [0.4, 0.5) is 5.69 Å². The molecule has 0 fully saturated rings. The topological polar surface area (TPSA) is 87.9 Å². The Bertz CT molecular complexity index is 633. The van der Waals surface area contributed by atoms with Gasteiger partial charge in [0.05, 0.1) is 11.4 Å². The number of carbonyl (C=O) groups is 1. The van der Waals surface area contributed by atoms with Crippen molar-refractivity contribution in [2.75, 3.05) is 11.9 Å². The number of ether oxygens (including phenoxy) is 1. The molecular weight excluding hydrogens is 264 g/mol. The van der Waals surface area contributed by atoms with Gasteiger partial charge in [-0.1, -0.05) is 16.6 Å². The number of benzene rings is 1. The molecule has 7 heteroatoms. The zero-order valence-corrected chi connectivity index (χ0v) is 10.9. The first-order chi connectivity index (χ1) is 9.22. The van der Waals surface area contributed by atoms with Crippen LogP contribution in [-0.4, -0.2) is 22.1 Å². The summed E-state index contributed by atoms with van der Waals surface area (Å²) in [5.74, 6) is 0.160. The molecule has 1 N–H and O–H groups in total. The minimum Gasteiger partial charge on any atom is -0.477 e. The van der Waals surface area contributed by atoms with Crippen LogP contribution in [0.2, 0.25) is 0 Å². The summed E-state index contributed by atoms with van der Waals surface area (Å²) in [5.41, 5.74) is 1.09. The van der Waals surface area contributed by atoms with E-state index in [0.29, 0.717) is 22.0 Å². The third-order valence-corrected chi connectivity index (χ3v) is 3.11. The van der Waals surface area contributed by atoms with Gasteiger partial charge in [0.25, 0.3) is 5.91 Å². The summed E-state index contributed by atoms with van der Waals surface area (Å²) in [7, 11) is 0. The van der Waals surface area contributed by atoms with Crippen LogP contribution in [0.15, 0.2) is 24.3 Å². The summed E-state index contributed by atoms with van der Waals surface area (Å²) in [4.78, 5) is 12.5. The van der Waals surface area contributed by atoms with Gasteiger partial charge in [-0.2, -0.15) is 5.26 Å². The second kappa shape index (κ2) is 5.93. The minimum absolute atomic E-state index is 0.0754. The Hall–Kier alpha value is -2.46. The van der Waals surface area contributed by atoms with Crippen LogP contribution >= 0.6 is 11.5 Å². The molecule has 0 saturated carbocycles. The number of aryl methyl sites for hydroxylation is 1. The first-order valence-corrected chi connectivity index (χ1v) is 6.19. The number of para-hydroxylation sites is 2. The number of nitriles is 1. The maximum Gasteiger partial charge on any atom is 0.269 e. The van der Waals surface area contributed by atoms with Crippen molar-refractivity contribution in [1.82, 2.24) is 9.59 Å². The zero-order valence-electron chi connectivity index (χ0n) is 10.1. The Labute approximate surface area is 113 Å². The van der Waals surface area contributed by atoms with E-state index in [1.165, 1.54) is 0 Å². The van der Waals surface area contributed by atoms with E-state index in [1.807, 2.05) is 6.07 Å². The molecule has 0 unspecified atom stereocenters. The maximum absolute atomic E-state index is 12.0. The summed E-state index contributed by atoms with van der Waals surface area (Å²) in [5, 5.41) is 15.0. The molecule has 0 radical (unpaired) electrons. The molecule has 1 heterocycles. The number of anilines is 1. The molecule has 0 aliphatic heterocycles. The quantitative estimate of drug-likeness (QED) is 0.921. The standard InChI is InChI=1S/C12H10N4O2S/c1-8-11(19-16-15-8)12(17)14-9-4-2-3-5-10(9)18-7-6-13/h2-5H,7H2,1H3,(H,14,17). The highest BCUT2D eigenvalue weighted by atomic mass is 32.1. The van der Waals surface area contributed by atoms with Gasteiger partial charge in [-0.3, -0.25) is 4.79 Å². The van der Waals surface area contributed by atoms with Crippen LogP contribution in [-0.2, 0) is 0 Å². The van der Waals surface area contributed by atoms with E-state index in [2.05, 4.69) is 14.9 Å². The molecule has 1 aromatic heterocycles. The molecule has 1 aromatic carbocycles. The molecular formula is C12H10N4O2S. The van der Waals surface area contributed by atoms with Crippen molar-refractivity contribution in [3.8, 4) is 11.8 Å². The Morgan fingerprint density at radius 3 is 3.00 bits per heavy atom. The highest BCUT2D eigenvalue weighted by Gasteiger charge is 2.15. The van der Waals surface area contributed by atoms with Gasteiger partial charge in [-0.15, -0.1) is 5.10 Å². The summed E-state index contributed by atoms with van der Waals surface area (Å²) >= 11 is 1.03. The van der Waals surface area contributed by atoms with Crippen molar-refractivity contribution in [3.63, 3.8) is 0 Å². The van der Waals surface area contributed by atoms with Gasteiger partial charge in [-0.05, 0) is 30.6 Å². The first kappa shape index (κ1) is 13.0. The van der Waals surface area contributed by atoms with Crippen molar-refractivity contribution >= 4 is 23.1 Å². The van der Waals surface area contributed by atoms with Crippen molar-refractivity contribution in [2.45, 2.75) is 6.92 Å². The van der Waals surface area contributed by atoms with Gasteiger partial charge in [0, 0.05) is 0 Å². The van der Waals surface area contributed by atoms with Gasteiger partial charge in [0.2, 0.25) is 0 Å². The smallest absolute Gasteiger partial charge is 0.269 e. The number of hydrogen-bond donors (Lipinski definition) is 1. The van der Waals surface area contributed by atoms with E-state index in [4.69, 9.17) is 10.00 Å². The molecule has 2 aromatic rings. The van der Waals surface area contributed by atoms with Crippen molar-refractivity contribution < 1.29 is 9.53 Å². The van der Waals surface area contributed by atoms with Gasteiger partial charge >= 0.3 is 0 Å². The molecule has 96 valence electrons. The van der Waals surface area contributed by atoms with Crippen LogP contribution in [0.5, 0.6) is 5.75 Å². The number of amides is 1. The van der Waals surface area contributed by atoms with E-state index >= 15 is 0 Å². The molecule has 0 bridgehead atoms. The fraction of sp³-hybridized carbons (Fsp3) is 0.167. The number of hydrogen-bond acceptors (Lipinski definition) is 6. The highest BCUT2D eigenvalue weighted by molar-refractivity contribution is 7.08. The Morgan fingerprint density at radius 1 is 1.53 bits per heavy atom. The van der Waals surface area contributed by atoms with E-state index in [9.17, 15) is 4.79 Å². The maximum atomic E-state index is 12.0. The fourth-order valence-electron chi connectivity index (χ4n) is 1.42. The van der Waals surface area contributed by atoms with Crippen LogP contribution in [0.25, 0.3) is 0 Å². The molecule has 2 rings (SSSR count). The largest absolute Gasteiger partial charge is 0.477 e.